The molecule has 0 aliphatic carbocycles. The third-order valence-electron chi connectivity index (χ3n) is 1.99. The monoisotopic (exact) mass is 330 g/mol. The van der Waals surface area contributed by atoms with Crippen LogP contribution in [0.5, 0.6) is 0 Å². The Hall–Kier alpha value is -0.530. The summed E-state index contributed by atoms with van der Waals surface area (Å²) in [7, 11) is -4.06. The SMILES string of the molecule is C[C@@H](NS(=O)(=O)c1c(Cl)cc(Cl)cc1Cl)C(N)=O. The Labute approximate surface area is 119 Å². The quantitative estimate of drug-likeness (QED) is 0.881. The van der Waals surface area contributed by atoms with Crippen molar-refractivity contribution < 1.29 is 13.2 Å². The first kappa shape index (κ1) is 15.5. The Balaban J connectivity index is 3.25. The van der Waals surface area contributed by atoms with Crippen LogP contribution in [0.15, 0.2) is 17.0 Å². The van der Waals surface area contributed by atoms with Gasteiger partial charge in [0, 0.05) is 5.02 Å². The van der Waals surface area contributed by atoms with Crippen molar-refractivity contribution in [3.05, 3.63) is 27.2 Å². The van der Waals surface area contributed by atoms with E-state index in [4.69, 9.17) is 40.5 Å². The number of halogens is 3. The van der Waals surface area contributed by atoms with E-state index in [-0.39, 0.29) is 20.0 Å². The van der Waals surface area contributed by atoms with Gasteiger partial charge in [0.25, 0.3) is 0 Å². The third-order valence-corrected chi connectivity index (χ3v) is 4.67. The summed E-state index contributed by atoms with van der Waals surface area (Å²) in [5.74, 6) is -0.820. The van der Waals surface area contributed by atoms with Crippen LogP contribution in [0.2, 0.25) is 15.1 Å². The number of benzene rings is 1. The van der Waals surface area contributed by atoms with Crippen LogP contribution in [0, 0.1) is 0 Å². The molecule has 0 saturated heterocycles. The van der Waals surface area contributed by atoms with E-state index in [0.29, 0.717) is 0 Å². The van der Waals surface area contributed by atoms with E-state index < -0.39 is 22.0 Å². The number of hydrogen-bond acceptors (Lipinski definition) is 3. The summed E-state index contributed by atoms with van der Waals surface area (Å²) in [5, 5.41) is -0.0831. The summed E-state index contributed by atoms with van der Waals surface area (Å²) in [4.78, 5) is 10.5. The Morgan fingerprint density at radius 2 is 1.72 bits per heavy atom. The Bertz CT molecular complexity index is 566. The lowest BCUT2D eigenvalue weighted by molar-refractivity contribution is -0.119. The molecule has 5 nitrogen and oxygen atoms in total. The fourth-order valence-corrected chi connectivity index (χ4v) is 3.89. The molecule has 0 fully saturated rings. The predicted molar refractivity (Wildman–Crippen MR) is 70.4 cm³/mol. The molecule has 1 aromatic carbocycles. The van der Waals surface area contributed by atoms with Gasteiger partial charge in [-0.3, -0.25) is 4.79 Å². The minimum atomic E-state index is -4.06. The van der Waals surface area contributed by atoms with Gasteiger partial charge in [0.1, 0.15) is 4.90 Å². The van der Waals surface area contributed by atoms with E-state index in [2.05, 4.69) is 4.72 Å². The first-order chi connectivity index (χ1) is 8.15. The normalized spacial score (nSPS) is 13.3. The first-order valence-electron chi connectivity index (χ1n) is 4.61. The number of carbonyl (C=O) groups excluding carboxylic acids is 1. The summed E-state index contributed by atoms with van der Waals surface area (Å²) >= 11 is 17.2. The van der Waals surface area contributed by atoms with Gasteiger partial charge in [-0.05, 0) is 19.1 Å². The smallest absolute Gasteiger partial charge is 0.244 e. The van der Waals surface area contributed by atoms with Crippen molar-refractivity contribution in [3.8, 4) is 0 Å². The molecule has 1 atom stereocenters. The van der Waals surface area contributed by atoms with Gasteiger partial charge < -0.3 is 5.73 Å². The molecule has 0 unspecified atom stereocenters. The summed E-state index contributed by atoms with van der Waals surface area (Å²) in [6, 6.07) is 1.38. The molecule has 18 heavy (non-hydrogen) atoms. The van der Waals surface area contributed by atoms with E-state index in [9.17, 15) is 13.2 Å². The zero-order chi connectivity index (χ0) is 14.1. The maximum absolute atomic E-state index is 12.0. The molecule has 0 heterocycles. The van der Waals surface area contributed by atoms with Crippen LogP contribution < -0.4 is 10.5 Å². The van der Waals surface area contributed by atoms with Gasteiger partial charge in [-0.15, -0.1) is 0 Å². The molecule has 1 aromatic rings. The van der Waals surface area contributed by atoms with Crippen LogP contribution in [0.25, 0.3) is 0 Å². The summed E-state index contributed by atoms with van der Waals surface area (Å²) in [6.45, 7) is 1.30. The van der Waals surface area contributed by atoms with Gasteiger partial charge in [-0.2, -0.15) is 4.72 Å². The van der Waals surface area contributed by atoms with Gasteiger partial charge >= 0.3 is 0 Å². The molecule has 0 aromatic heterocycles. The van der Waals surface area contributed by atoms with Crippen molar-refractivity contribution in [2.75, 3.05) is 0 Å². The Kier molecular flexibility index (Phi) is 4.85. The lowest BCUT2D eigenvalue weighted by atomic mass is 10.3. The van der Waals surface area contributed by atoms with Crippen molar-refractivity contribution in [2.24, 2.45) is 5.73 Å². The van der Waals surface area contributed by atoms with Crippen molar-refractivity contribution in [2.45, 2.75) is 17.9 Å². The molecule has 100 valence electrons. The van der Waals surface area contributed by atoms with Gasteiger partial charge in [-0.1, -0.05) is 34.8 Å². The zero-order valence-electron chi connectivity index (χ0n) is 9.08. The number of amides is 1. The summed E-state index contributed by atoms with van der Waals surface area (Å²) in [6.07, 6.45) is 0. The molecule has 3 N–H and O–H groups in total. The van der Waals surface area contributed by atoms with E-state index in [1.807, 2.05) is 0 Å². The minimum absolute atomic E-state index is 0.142. The van der Waals surface area contributed by atoms with E-state index >= 15 is 0 Å². The van der Waals surface area contributed by atoms with E-state index in [1.54, 1.807) is 0 Å². The first-order valence-corrected chi connectivity index (χ1v) is 7.23. The van der Waals surface area contributed by atoms with Crippen LogP contribution in [0.4, 0.5) is 0 Å². The highest BCUT2D eigenvalue weighted by Gasteiger charge is 2.25. The molecular formula is C9H9Cl3N2O3S. The molecule has 0 aliphatic rings. The highest BCUT2D eigenvalue weighted by atomic mass is 35.5. The van der Waals surface area contributed by atoms with Crippen molar-refractivity contribution in [1.29, 1.82) is 0 Å². The van der Waals surface area contributed by atoms with Crippen molar-refractivity contribution >= 4 is 50.7 Å². The molecule has 0 radical (unpaired) electrons. The fourth-order valence-electron chi connectivity index (χ4n) is 1.14. The number of nitrogens with one attached hydrogen (secondary N) is 1. The minimum Gasteiger partial charge on any atom is -0.368 e. The molecular weight excluding hydrogens is 323 g/mol. The highest BCUT2D eigenvalue weighted by molar-refractivity contribution is 7.89. The van der Waals surface area contributed by atoms with Crippen LogP contribution in [-0.2, 0) is 14.8 Å². The number of nitrogens with two attached hydrogens (primary N) is 1. The average molecular weight is 332 g/mol. The molecule has 1 amide bonds. The number of carbonyl (C=O) groups is 1. The largest absolute Gasteiger partial charge is 0.368 e. The molecule has 1 rings (SSSR count). The number of primary amides is 1. The second-order valence-corrected chi connectivity index (χ2v) is 6.35. The maximum Gasteiger partial charge on any atom is 0.244 e. The van der Waals surface area contributed by atoms with Gasteiger partial charge in [0.2, 0.25) is 15.9 Å². The lowest BCUT2D eigenvalue weighted by Crippen LogP contribution is -2.42. The number of rotatable bonds is 4. The highest BCUT2D eigenvalue weighted by Crippen LogP contribution is 2.32. The lowest BCUT2D eigenvalue weighted by Gasteiger charge is -2.13. The van der Waals surface area contributed by atoms with Crippen molar-refractivity contribution in [1.82, 2.24) is 4.72 Å². The topological polar surface area (TPSA) is 89.3 Å². The Morgan fingerprint density at radius 1 is 1.28 bits per heavy atom. The zero-order valence-corrected chi connectivity index (χ0v) is 12.2. The molecule has 0 bridgehead atoms. The summed E-state index contributed by atoms with van der Waals surface area (Å²) < 4.78 is 26.0. The maximum atomic E-state index is 12.0. The molecule has 9 heteroatoms. The van der Waals surface area contributed by atoms with Gasteiger partial charge in [0.15, 0.2) is 0 Å². The second-order valence-electron chi connectivity index (χ2n) is 3.44. The average Bonchev–Trinajstić information content (AvgIpc) is 2.13. The Morgan fingerprint density at radius 3 is 2.11 bits per heavy atom. The molecule has 0 spiro atoms. The number of hydrogen-bond donors (Lipinski definition) is 2. The van der Waals surface area contributed by atoms with Crippen LogP contribution in [0.1, 0.15) is 6.92 Å². The van der Waals surface area contributed by atoms with Crippen LogP contribution in [-0.4, -0.2) is 20.4 Å². The number of sulfonamides is 1. The van der Waals surface area contributed by atoms with Crippen LogP contribution in [0.3, 0.4) is 0 Å². The standard InChI is InChI=1S/C9H9Cl3N2O3S/c1-4(9(13)15)14-18(16,17)8-6(11)2-5(10)3-7(8)12/h2-4,14H,1H3,(H2,13,15)/t4-/m1/s1. The van der Waals surface area contributed by atoms with Crippen LogP contribution >= 0.6 is 34.8 Å². The predicted octanol–water partition coefficient (Wildman–Crippen LogP) is 1.80. The van der Waals surface area contributed by atoms with E-state index in [0.717, 1.165) is 0 Å². The second kappa shape index (κ2) is 5.63. The third kappa shape index (κ3) is 3.49. The van der Waals surface area contributed by atoms with E-state index in [1.165, 1.54) is 19.1 Å². The molecule has 0 aliphatic heterocycles. The van der Waals surface area contributed by atoms with Gasteiger partial charge in [-0.25, -0.2) is 8.42 Å². The summed E-state index contributed by atoms with van der Waals surface area (Å²) in [5.41, 5.74) is 4.97. The van der Waals surface area contributed by atoms with Crippen molar-refractivity contribution in [3.63, 3.8) is 0 Å². The fraction of sp³-hybridized carbons (Fsp3) is 0.222. The molecule has 0 saturated carbocycles. The van der Waals surface area contributed by atoms with Gasteiger partial charge in [0.05, 0.1) is 16.1 Å².